The molecule has 0 bridgehead atoms. The number of hydrogen-bond acceptors (Lipinski definition) is 5. The van der Waals surface area contributed by atoms with Crippen molar-refractivity contribution in [1.29, 1.82) is 0 Å². The second-order valence-electron chi connectivity index (χ2n) is 7.86. The quantitative estimate of drug-likeness (QED) is 0.451. The zero-order valence-electron chi connectivity index (χ0n) is 18.2. The van der Waals surface area contributed by atoms with Crippen LogP contribution >= 0.6 is 0 Å². The van der Waals surface area contributed by atoms with Crippen LogP contribution in [0.4, 0.5) is 0 Å². The summed E-state index contributed by atoms with van der Waals surface area (Å²) in [7, 11) is 3.30. The summed E-state index contributed by atoms with van der Waals surface area (Å²) in [6.07, 6.45) is 4.07. The molecule has 2 aromatic heterocycles. The molecule has 0 saturated carbocycles. The number of rotatable bonds is 5. The van der Waals surface area contributed by atoms with Crippen LogP contribution in [0.5, 0.6) is 11.5 Å². The van der Waals surface area contributed by atoms with Gasteiger partial charge in [-0.15, -0.1) is 0 Å². The van der Waals surface area contributed by atoms with Crippen LogP contribution in [-0.4, -0.2) is 34.5 Å². The molecule has 1 atom stereocenters. The maximum absolute atomic E-state index is 13.3. The standard InChI is InChI=1S/C26H23N3O3/c1-16-15-21-22(17-5-9-19(31-2)10-6-17)23(18-7-11-20(32-3)12-8-18)29(24(21)25(16)30)26-27-13-4-14-28-26/h4-14,16H,15H2,1-3H3. The Kier molecular flexibility index (Phi) is 4.98. The molecule has 0 spiro atoms. The molecule has 5 rings (SSSR count). The largest absolute Gasteiger partial charge is 0.497 e. The molecule has 1 unspecified atom stereocenters. The number of benzene rings is 2. The van der Waals surface area contributed by atoms with Crippen molar-refractivity contribution in [3.8, 4) is 39.8 Å². The highest BCUT2D eigenvalue weighted by molar-refractivity contribution is 6.06. The second kappa shape index (κ2) is 7.96. The molecular weight excluding hydrogens is 402 g/mol. The van der Waals surface area contributed by atoms with Gasteiger partial charge in [-0.3, -0.25) is 9.36 Å². The van der Waals surface area contributed by atoms with Gasteiger partial charge in [-0.2, -0.15) is 0 Å². The monoisotopic (exact) mass is 425 g/mol. The van der Waals surface area contributed by atoms with Gasteiger partial charge in [0.05, 0.1) is 25.6 Å². The second-order valence-corrected chi connectivity index (χ2v) is 7.86. The maximum Gasteiger partial charge on any atom is 0.234 e. The zero-order chi connectivity index (χ0) is 22.2. The Morgan fingerprint density at radius 1 is 0.844 bits per heavy atom. The number of hydrogen-bond donors (Lipinski definition) is 0. The van der Waals surface area contributed by atoms with Crippen molar-refractivity contribution < 1.29 is 14.3 Å². The Bertz CT molecular complexity index is 1280. The molecule has 2 heterocycles. The van der Waals surface area contributed by atoms with Gasteiger partial charge in [-0.25, -0.2) is 9.97 Å². The van der Waals surface area contributed by atoms with E-state index in [0.717, 1.165) is 39.4 Å². The van der Waals surface area contributed by atoms with Gasteiger partial charge >= 0.3 is 0 Å². The fourth-order valence-electron chi connectivity index (χ4n) is 4.41. The third kappa shape index (κ3) is 3.15. The summed E-state index contributed by atoms with van der Waals surface area (Å²) in [6.45, 7) is 1.98. The van der Waals surface area contributed by atoms with Crippen molar-refractivity contribution in [2.45, 2.75) is 13.3 Å². The van der Waals surface area contributed by atoms with Crippen LogP contribution < -0.4 is 9.47 Å². The molecule has 1 aliphatic carbocycles. The Balaban J connectivity index is 1.85. The zero-order valence-corrected chi connectivity index (χ0v) is 18.2. The molecule has 4 aromatic rings. The highest BCUT2D eigenvalue weighted by Gasteiger charge is 2.38. The van der Waals surface area contributed by atoms with Gasteiger partial charge in [-0.05, 0) is 65.6 Å². The average molecular weight is 425 g/mol. The first-order valence-corrected chi connectivity index (χ1v) is 10.5. The third-order valence-corrected chi connectivity index (χ3v) is 5.96. The molecule has 0 aliphatic heterocycles. The van der Waals surface area contributed by atoms with Gasteiger partial charge in [0.1, 0.15) is 11.5 Å². The van der Waals surface area contributed by atoms with Crippen LogP contribution in [0.25, 0.3) is 28.3 Å². The minimum absolute atomic E-state index is 0.0862. The first kappa shape index (κ1) is 20.0. The highest BCUT2D eigenvalue weighted by Crippen LogP contribution is 2.45. The van der Waals surface area contributed by atoms with E-state index in [-0.39, 0.29) is 11.7 Å². The molecule has 2 aromatic carbocycles. The molecule has 6 nitrogen and oxygen atoms in total. The van der Waals surface area contributed by atoms with E-state index in [4.69, 9.17) is 9.47 Å². The number of carbonyl (C=O) groups is 1. The molecule has 1 aliphatic rings. The summed E-state index contributed by atoms with van der Waals surface area (Å²) >= 11 is 0. The number of fused-ring (bicyclic) bond motifs is 1. The fraction of sp³-hybridized carbons (Fsp3) is 0.192. The van der Waals surface area contributed by atoms with Crippen molar-refractivity contribution >= 4 is 5.78 Å². The molecule has 160 valence electrons. The normalized spacial score (nSPS) is 15.0. The van der Waals surface area contributed by atoms with Crippen LogP contribution in [0.1, 0.15) is 23.0 Å². The molecule has 6 heteroatoms. The lowest BCUT2D eigenvalue weighted by Gasteiger charge is -2.15. The Morgan fingerprint density at radius 3 is 1.97 bits per heavy atom. The van der Waals surface area contributed by atoms with Gasteiger partial charge in [0.15, 0.2) is 5.78 Å². The lowest BCUT2D eigenvalue weighted by atomic mass is 9.95. The minimum atomic E-state index is -0.0862. The van der Waals surface area contributed by atoms with E-state index in [2.05, 4.69) is 9.97 Å². The molecule has 0 saturated heterocycles. The number of aromatic nitrogens is 3. The van der Waals surface area contributed by atoms with Crippen LogP contribution in [0, 0.1) is 5.92 Å². The van der Waals surface area contributed by atoms with Crippen LogP contribution in [0.3, 0.4) is 0 Å². The molecule has 0 radical (unpaired) electrons. The fourth-order valence-corrected chi connectivity index (χ4v) is 4.41. The average Bonchev–Trinajstić information content (AvgIpc) is 3.33. The van der Waals surface area contributed by atoms with Gasteiger partial charge in [-0.1, -0.05) is 19.1 Å². The van der Waals surface area contributed by atoms with Gasteiger partial charge in [0.25, 0.3) is 0 Å². The van der Waals surface area contributed by atoms with Crippen LogP contribution in [-0.2, 0) is 6.42 Å². The predicted molar refractivity (Wildman–Crippen MR) is 123 cm³/mol. The number of carbonyl (C=O) groups excluding carboxylic acids is 1. The molecular formula is C26H23N3O3. The Labute approximate surface area is 186 Å². The first-order chi connectivity index (χ1) is 15.6. The highest BCUT2D eigenvalue weighted by atomic mass is 16.5. The summed E-state index contributed by atoms with van der Waals surface area (Å²) in [5.74, 6) is 2.06. The van der Waals surface area contributed by atoms with Crippen molar-refractivity contribution in [2.24, 2.45) is 5.92 Å². The lowest BCUT2D eigenvalue weighted by Crippen LogP contribution is -2.13. The van der Waals surface area contributed by atoms with Gasteiger partial charge in [0, 0.05) is 23.9 Å². The van der Waals surface area contributed by atoms with E-state index in [1.54, 1.807) is 32.7 Å². The van der Waals surface area contributed by atoms with Gasteiger partial charge < -0.3 is 9.47 Å². The third-order valence-electron chi connectivity index (χ3n) is 5.96. The Morgan fingerprint density at radius 2 is 1.41 bits per heavy atom. The number of ether oxygens (including phenoxy) is 2. The summed E-state index contributed by atoms with van der Waals surface area (Å²) in [5.41, 5.74) is 5.60. The van der Waals surface area contributed by atoms with E-state index in [1.165, 1.54) is 0 Å². The van der Waals surface area contributed by atoms with Crippen molar-refractivity contribution in [3.63, 3.8) is 0 Å². The summed E-state index contributed by atoms with van der Waals surface area (Å²) in [6, 6.07) is 17.6. The minimum Gasteiger partial charge on any atom is -0.497 e. The van der Waals surface area contributed by atoms with Crippen LogP contribution in [0.15, 0.2) is 67.0 Å². The van der Waals surface area contributed by atoms with Gasteiger partial charge in [0.2, 0.25) is 5.95 Å². The summed E-state index contributed by atoms with van der Waals surface area (Å²) in [4.78, 5) is 22.3. The Hall–Kier alpha value is -3.93. The van der Waals surface area contributed by atoms with Crippen molar-refractivity contribution in [1.82, 2.24) is 14.5 Å². The molecule has 0 N–H and O–H groups in total. The lowest BCUT2D eigenvalue weighted by molar-refractivity contribution is 0.0940. The smallest absolute Gasteiger partial charge is 0.234 e. The van der Waals surface area contributed by atoms with Crippen LogP contribution in [0.2, 0.25) is 0 Å². The molecule has 32 heavy (non-hydrogen) atoms. The van der Waals surface area contributed by atoms with E-state index in [1.807, 2.05) is 60.0 Å². The number of ketones is 1. The number of methoxy groups -OCH3 is 2. The number of nitrogens with zero attached hydrogens (tertiary/aromatic N) is 3. The maximum atomic E-state index is 13.3. The summed E-state index contributed by atoms with van der Waals surface area (Å²) < 4.78 is 12.6. The van der Waals surface area contributed by atoms with E-state index >= 15 is 0 Å². The summed E-state index contributed by atoms with van der Waals surface area (Å²) in [5, 5.41) is 0. The first-order valence-electron chi connectivity index (χ1n) is 10.5. The van der Waals surface area contributed by atoms with E-state index in [9.17, 15) is 4.79 Å². The topological polar surface area (TPSA) is 66.2 Å². The molecule has 0 fully saturated rings. The van der Waals surface area contributed by atoms with E-state index in [0.29, 0.717) is 18.1 Å². The van der Waals surface area contributed by atoms with Crippen molar-refractivity contribution in [3.05, 3.63) is 78.2 Å². The van der Waals surface area contributed by atoms with Crippen molar-refractivity contribution in [2.75, 3.05) is 14.2 Å². The number of Topliss-reactive ketones (excluding diaryl/α,β-unsaturated/α-hetero) is 1. The SMILES string of the molecule is COc1ccc(-c2c3c(n(-c4ncccn4)c2-c2ccc(OC)cc2)C(=O)C(C)C3)cc1. The van der Waals surface area contributed by atoms with E-state index < -0.39 is 0 Å². The molecule has 0 amide bonds. The predicted octanol–water partition coefficient (Wildman–Crippen LogP) is 4.99.